The van der Waals surface area contributed by atoms with E-state index in [2.05, 4.69) is 10.2 Å². The molecule has 0 aromatic heterocycles. The molecule has 0 aliphatic heterocycles. The van der Waals surface area contributed by atoms with Crippen LogP contribution >= 0.6 is 11.6 Å². The van der Waals surface area contributed by atoms with E-state index in [1.807, 2.05) is 38.1 Å². The summed E-state index contributed by atoms with van der Waals surface area (Å²) in [6.45, 7) is 5.81. The fourth-order valence-electron chi connectivity index (χ4n) is 2.77. The molecule has 2 N–H and O–H groups in total. The summed E-state index contributed by atoms with van der Waals surface area (Å²) in [5.74, 6) is 0.439. The zero-order valence-corrected chi connectivity index (χ0v) is 16.8. The minimum atomic E-state index is -0.582. The standard InChI is InChI=1S/C21H27ClN2O3/c1-4-24(14-19(25)16-7-5-15(2)6-8-16)12-11-21(26)23-18-13-17(22)9-10-20(18)27-3/h5-10,13,19,25H,4,11-12,14H2,1-3H3,(H,23,26)/t19-/m1/s1. The van der Waals surface area contributed by atoms with Gasteiger partial charge < -0.3 is 20.1 Å². The molecule has 0 aliphatic carbocycles. The quantitative estimate of drug-likeness (QED) is 0.678. The van der Waals surface area contributed by atoms with Crippen LogP contribution in [0.4, 0.5) is 5.69 Å². The highest BCUT2D eigenvalue weighted by Crippen LogP contribution is 2.27. The average molecular weight is 391 g/mol. The molecule has 1 amide bonds. The zero-order valence-electron chi connectivity index (χ0n) is 16.0. The van der Waals surface area contributed by atoms with Gasteiger partial charge in [0.05, 0.1) is 18.9 Å². The van der Waals surface area contributed by atoms with Crippen molar-refractivity contribution in [1.82, 2.24) is 4.90 Å². The van der Waals surface area contributed by atoms with Crippen LogP contribution in [-0.4, -0.2) is 42.7 Å². The Morgan fingerprint density at radius 3 is 2.59 bits per heavy atom. The average Bonchev–Trinajstić information content (AvgIpc) is 2.65. The van der Waals surface area contributed by atoms with Crippen LogP contribution < -0.4 is 10.1 Å². The summed E-state index contributed by atoms with van der Waals surface area (Å²) in [6.07, 6.45) is -0.272. The maximum absolute atomic E-state index is 12.3. The van der Waals surface area contributed by atoms with Crippen molar-refractivity contribution < 1.29 is 14.6 Å². The van der Waals surface area contributed by atoms with E-state index in [-0.39, 0.29) is 5.91 Å². The van der Waals surface area contributed by atoms with Gasteiger partial charge in [-0.15, -0.1) is 0 Å². The lowest BCUT2D eigenvalue weighted by Crippen LogP contribution is -2.31. The number of hydrogen-bond donors (Lipinski definition) is 2. The van der Waals surface area contributed by atoms with Gasteiger partial charge in [0.1, 0.15) is 5.75 Å². The van der Waals surface area contributed by atoms with E-state index in [1.165, 1.54) is 0 Å². The van der Waals surface area contributed by atoms with Gasteiger partial charge in [0, 0.05) is 24.5 Å². The van der Waals surface area contributed by atoms with Gasteiger partial charge in [-0.2, -0.15) is 0 Å². The third-order valence-electron chi connectivity index (χ3n) is 4.43. The van der Waals surface area contributed by atoms with Gasteiger partial charge in [-0.1, -0.05) is 48.4 Å². The van der Waals surface area contributed by atoms with E-state index in [0.717, 1.165) is 17.7 Å². The third kappa shape index (κ3) is 6.54. The molecule has 2 rings (SSSR count). The van der Waals surface area contributed by atoms with Crippen LogP contribution in [0.3, 0.4) is 0 Å². The number of nitrogens with one attached hydrogen (secondary N) is 1. The molecule has 0 unspecified atom stereocenters. The second-order valence-electron chi connectivity index (χ2n) is 6.46. The number of rotatable bonds is 9. The molecule has 2 aromatic carbocycles. The molecule has 0 radical (unpaired) electrons. The van der Waals surface area contributed by atoms with Crippen molar-refractivity contribution in [2.75, 3.05) is 32.1 Å². The number of aliphatic hydroxyl groups is 1. The molecule has 0 heterocycles. The number of aliphatic hydroxyl groups excluding tert-OH is 1. The summed E-state index contributed by atoms with van der Waals surface area (Å²) in [5, 5.41) is 13.8. The highest BCUT2D eigenvalue weighted by atomic mass is 35.5. The van der Waals surface area contributed by atoms with Crippen LogP contribution in [-0.2, 0) is 4.79 Å². The van der Waals surface area contributed by atoms with Crippen molar-refractivity contribution in [3.05, 3.63) is 58.6 Å². The first-order valence-corrected chi connectivity index (χ1v) is 9.41. The van der Waals surface area contributed by atoms with Crippen LogP contribution in [0.25, 0.3) is 0 Å². The van der Waals surface area contributed by atoms with Gasteiger partial charge in [-0.3, -0.25) is 4.79 Å². The summed E-state index contributed by atoms with van der Waals surface area (Å²) in [6, 6.07) is 12.9. The third-order valence-corrected chi connectivity index (χ3v) is 4.67. The Morgan fingerprint density at radius 1 is 1.26 bits per heavy atom. The maximum atomic E-state index is 12.3. The number of likely N-dealkylation sites (N-methyl/N-ethyl adjacent to an activating group) is 1. The molecule has 0 saturated carbocycles. The molecule has 5 nitrogen and oxygen atoms in total. The number of amides is 1. The van der Waals surface area contributed by atoms with Crippen LogP contribution in [0.15, 0.2) is 42.5 Å². The van der Waals surface area contributed by atoms with Crippen LogP contribution in [0.5, 0.6) is 5.75 Å². The predicted molar refractivity (Wildman–Crippen MR) is 110 cm³/mol. The number of aryl methyl sites for hydroxylation is 1. The monoisotopic (exact) mass is 390 g/mol. The number of ether oxygens (including phenoxy) is 1. The Balaban J connectivity index is 1.88. The van der Waals surface area contributed by atoms with Gasteiger partial charge >= 0.3 is 0 Å². The Labute approximate surface area is 165 Å². The molecule has 0 fully saturated rings. The Hall–Kier alpha value is -2.08. The number of carbonyl (C=O) groups excluding carboxylic acids is 1. The second kappa shape index (κ2) is 10.3. The molecule has 2 aromatic rings. The summed E-state index contributed by atoms with van der Waals surface area (Å²) >= 11 is 5.99. The molecule has 27 heavy (non-hydrogen) atoms. The summed E-state index contributed by atoms with van der Waals surface area (Å²) < 4.78 is 5.24. The topological polar surface area (TPSA) is 61.8 Å². The van der Waals surface area contributed by atoms with E-state index < -0.39 is 6.10 Å². The molecule has 146 valence electrons. The normalized spacial score (nSPS) is 12.1. The summed E-state index contributed by atoms with van der Waals surface area (Å²) in [7, 11) is 1.55. The van der Waals surface area contributed by atoms with E-state index in [4.69, 9.17) is 16.3 Å². The smallest absolute Gasteiger partial charge is 0.225 e. The molecule has 0 saturated heterocycles. The number of anilines is 1. The fraction of sp³-hybridized carbons (Fsp3) is 0.381. The number of carbonyl (C=O) groups is 1. The Kier molecular flexibility index (Phi) is 8.10. The highest BCUT2D eigenvalue weighted by molar-refractivity contribution is 6.31. The summed E-state index contributed by atoms with van der Waals surface area (Å²) in [5.41, 5.74) is 2.59. The molecular weight excluding hydrogens is 364 g/mol. The van der Waals surface area contributed by atoms with Crippen molar-refractivity contribution in [3.63, 3.8) is 0 Å². The number of methoxy groups -OCH3 is 1. The van der Waals surface area contributed by atoms with Gasteiger partial charge in [-0.25, -0.2) is 0 Å². The van der Waals surface area contributed by atoms with Gasteiger partial charge in [0.25, 0.3) is 0 Å². The van der Waals surface area contributed by atoms with Gasteiger partial charge in [0.2, 0.25) is 5.91 Å². The summed E-state index contributed by atoms with van der Waals surface area (Å²) in [4.78, 5) is 14.4. The van der Waals surface area contributed by atoms with Crippen molar-refractivity contribution in [2.45, 2.75) is 26.4 Å². The number of halogens is 1. The van der Waals surface area contributed by atoms with Crippen molar-refractivity contribution >= 4 is 23.2 Å². The maximum Gasteiger partial charge on any atom is 0.225 e. The number of benzene rings is 2. The lowest BCUT2D eigenvalue weighted by molar-refractivity contribution is -0.116. The van der Waals surface area contributed by atoms with E-state index in [1.54, 1.807) is 25.3 Å². The Morgan fingerprint density at radius 2 is 1.96 bits per heavy atom. The van der Waals surface area contributed by atoms with E-state index in [0.29, 0.717) is 36.0 Å². The molecule has 6 heteroatoms. The van der Waals surface area contributed by atoms with Gasteiger partial charge in [-0.05, 0) is 37.2 Å². The SMILES string of the molecule is CCN(CCC(=O)Nc1cc(Cl)ccc1OC)C[C@@H](O)c1ccc(C)cc1. The molecule has 0 aliphatic rings. The molecular formula is C21H27ClN2O3. The zero-order chi connectivity index (χ0) is 19.8. The number of nitrogens with zero attached hydrogens (tertiary/aromatic N) is 1. The lowest BCUT2D eigenvalue weighted by atomic mass is 10.1. The first kappa shape index (κ1) is 21.2. The number of hydrogen-bond acceptors (Lipinski definition) is 4. The van der Waals surface area contributed by atoms with Crippen LogP contribution in [0, 0.1) is 6.92 Å². The largest absolute Gasteiger partial charge is 0.495 e. The Bertz CT molecular complexity index is 750. The molecule has 1 atom stereocenters. The second-order valence-corrected chi connectivity index (χ2v) is 6.90. The molecule has 0 spiro atoms. The highest BCUT2D eigenvalue weighted by Gasteiger charge is 2.14. The van der Waals surface area contributed by atoms with Crippen LogP contribution in [0.2, 0.25) is 5.02 Å². The van der Waals surface area contributed by atoms with Crippen molar-refractivity contribution in [2.24, 2.45) is 0 Å². The van der Waals surface area contributed by atoms with Gasteiger partial charge in [0.15, 0.2) is 0 Å². The van der Waals surface area contributed by atoms with Crippen molar-refractivity contribution in [3.8, 4) is 5.75 Å². The fourth-order valence-corrected chi connectivity index (χ4v) is 2.94. The minimum absolute atomic E-state index is 0.126. The van der Waals surface area contributed by atoms with E-state index >= 15 is 0 Å². The van der Waals surface area contributed by atoms with E-state index in [9.17, 15) is 9.90 Å². The minimum Gasteiger partial charge on any atom is -0.495 e. The first-order chi connectivity index (χ1) is 12.9. The first-order valence-electron chi connectivity index (χ1n) is 9.03. The predicted octanol–water partition coefficient (Wildman–Crippen LogP) is 4.04. The lowest BCUT2D eigenvalue weighted by Gasteiger charge is -2.23. The van der Waals surface area contributed by atoms with Crippen molar-refractivity contribution in [1.29, 1.82) is 0 Å². The molecule has 0 bridgehead atoms. The van der Waals surface area contributed by atoms with Crippen LogP contribution in [0.1, 0.15) is 30.6 Å².